The molecule has 2 aliphatic rings. The number of hydrogen-bond acceptors (Lipinski definition) is 4. The molecule has 5 heteroatoms. The predicted molar refractivity (Wildman–Crippen MR) is 80.0 cm³/mol. The molecule has 1 saturated carbocycles. The number of halogens is 1. The molecule has 4 nitrogen and oxygen atoms in total. The summed E-state index contributed by atoms with van der Waals surface area (Å²) in [6.07, 6.45) is 5.76. The highest BCUT2D eigenvalue weighted by molar-refractivity contribution is 9.10. The summed E-state index contributed by atoms with van der Waals surface area (Å²) in [6, 6.07) is 4.06. The van der Waals surface area contributed by atoms with Crippen molar-refractivity contribution in [3.63, 3.8) is 0 Å². The fourth-order valence-electron chi connectivity index (χ4n) is 3.03. The second kappa shape index (κ2) is 5.92. The number of aliphatic hydroxyl groups is 1. The van der Waals surface area contributed by atoms with Gasteiger partial charge in [0.05, 0.1) is 11.1 Å². The summed E-state index contributed by atoms with van der Waals surface area (Å²) in [5, 5.41) is 13.3. The van der Waals surface area contributed by atoms with Gasteiger partial charge in [-0.15, -0.1) is 0 Å². The van der Waals surface area contributed by atoms with E-state index in [0.29, 0.717) is 0 Å². The third-order valence-electron chi connectivity index (χ3n) is 4.27. The summed E-state index contributed by atoms with van der Waals surface area (Å²) >= 11 is 3.51. The van der Waals surface area contributed by atoms with E-state index in [-0.39, 0.29) is 18.9 Å². The molecule has 1 fully saturated rings. The maximum atomic E-state index is 9.71. The lowest BCUT2D eigenvalue weighted by atomic mass is 9.82. The van der Waals surface area contributed by atoms with E-state index in [0.717, 1.165) is 40.9 Å². The van der Waals surface area contributed by atoms with E-state index in [1.54, 1.807) is 0 Å². The van der Waals surface area contributed by atoms with Crippen LogP contribution < -0.4 is 14.8 Å². The van der Waals surface area contributed by atoms with E-state index in [9.17, 15) is 5.11 Å². The van der Waals surface area contributed by atoms with Crippen molar-refractivity contribution in [2.24, 2.45) is 0 Å². The lowest BCUT2D eigenvalue weighted by Crippen LogP contribution is -2.49. The number of fused-ring (bicyclic) bond motifs is 1. The Labute approximate surface area is 127 Å². The topological polar surface area (TPSA) is 50.7 Å². The highest BCUT2D eigenvalue weighted by atomic mass is 79.9. The van der Waals surface area contributed by atoms with Crippen molar-refractivity contribution in [3.05, 3.63) is 22.2 Å². The van der Waals surface area contributed by atoms with E-state index >= 15 is 0 Å². The predicted octanol–water partition coefficient (Wildman–Crippen LogP) is 2.96. The first kappa shape index (κ1) is 14.2. The van der Waals surface area contributed by atoms with Crippen LogP contribution in [-0.4, -0.2) is 24.0 Å². The Morgan fingerprint density at radius 2 is 2.00 bits per heavy atom. The lowest BCUT2D eigenvalue weighted by molar-refractivity contribution is 0.119. The molecule has 0 aromatic heterocycles. The third kappa shape index (κ3) is 2.80. The SMILES string of the molecule is OCC1(NCc2cc(Br)c3c(c2)OCO3)CCCCC1. The molecule has 0 bridgehead atoms. The van der Waals surface area contributed by atoms with Crippen LogP contribution in [0.15, 0.2) is 16.6 Å². The maximum absolute atomic E-state index is 9.71. The van der Waals surface area contributed by atoms with Crippen molar-refractivity contribution in [1.29, 1.82) is 0 Å². The zero-order chi connectivity index (χ0) is 14.0. The van der Waals surface area contributed by atoms with Gasteiger partial charge >= 0.3 is 0 Å². The Morgan fingerprint density at radius 3 is 2.75 bits per heavy atom. The molecule has 2 N–H and O–H groups in total. The first-order valence-electron chi connectivity index (χ1n) is 7.16. The minimum atomic E-state index is -0.110. The summed E-state index contributed by atoms with van der Waals surface area (Å²) in [5.41, 5.74) is 1.03. The van der Waals surface area contributed by atoms with Gasteiger partial charge < -0.3 is 19.9 Å². The van der Waals surface area contributed by atoms with Crippen molar-refractivity contribution >= 4 is 15.9 Å². The third-order valence-corrected chi connectivity index (χ3v) is 4.86. The molecule has 0 saturated heterocycles. The van der Waals surface area contributed by atoms with E-state index in [1.807, 2.05) is 6.07 Å². The molecule has 1 aromatic carbocycles. The Kier molecular flexibility index (Phi) is 4.19. The molecule has 0 radical (unpaired) electrons. The highest BCUT2D eigenvalue weighted by Crippen LogP contribution is 2.40. The maximum Gasteiger partial charge on any atom is 0.231 e. The minimum Gasteiger partial charge on any atom is -0.454 e. The van der Waals surface area contributed by atoms with Gasteiger partial charge in [-0.3, -0.25) is 0 Å². The first-order chi connectivity index (χ1) is 9.72. The first-order valence-corrected chi connectivity index (χ1v) is 7.96. The molecule has 0 amide bonds. The molecule has 1 aliphatic carbocycles. The van der Waals surface area contributed by atoms with Crippen LogP contribution >= 0.6 is 15.9 Å². The van der Waals surface area contributed by atoms with Crippen molar-refractivity contribution in [2.75, 3.05) is 13.4 Å². The lowest BCUT2D eigenvalue weighted by Gasteiger charge is -2.36. The van der Waals surface area contributed by atoms with Crippen LogP contribution in [0.2, 0.25) is 0 Å². The quantitative estimate of drug-likeness (QED) is 0.883. The van der Waals surface area contributed by atoms with E-state index in [2.05, 4.69) is 27.3 Å². The van der Waals surface area contributed by atoms with Gasteiger partial charge in [-0.1, -0.05) is 19.3 Å². The van der Waals surface area contributed by atoms with Gasteiger partial charge in [0.25, 0.3) is 0 Å². The average molecular weight is 342 g/mol. The number of rotatable bonds is 4. The summed E-state index contributed by atoms with van der Waals surface area (Å²) in [5.74, 6) is 1.57. The standard InChI is InChI=1S/C15H20BrNO3/c16-12-6-11(7-13-14(12)20-10-19-13)8-17-15(9-18)4-2-1-3-5-15/h6-7,17-18H,1-5,8-10H2. The van der Waals surface area contributed by atoms with Crippen LogP contribution in [0.1, 0.15) is 37.7 Å². The van der Waals surface area contributed by atoms with Crippen molar-refractivity contribution in [2.45, 2.75) is 44.2 Å². The number of benzene rings is 1. The Hall–Kier alpha value is -0.780. The fourth-order valence-corrected chi connectivity index (χ4v) is 3.64. The normalized spacial score (nSPS) is 20.1. The molecule has 1 aromatic rings. The molecule has 20 heavy (non-hydrogen) atoms. The van der Waals surface area contributed by atoms with Gasteiger partial charge in [0, 0.05) is 12.1 Å². The molecule has 0 spiro atoms. The van der Waals surface area contributed by atoms with Gasteiger partial charge in [-0.2, -0.15) is 0 Å². The Morgan fingerprint density at radius 1 is 1.20 bits per heavy atom. The molecule has 0 atom stereocenters. The monoisotopic (exact) mass is 341 g/mol. The average Bonchev–Trinajstić information content (AvgIpc) is 2.95. The summed E-state index contributed by atoms with van der Waals surface area (Å²) in [6.45, 7) is 1.22. The van der Waals surface area contributed by atoms with Crippen LogP contribution in [-0.2, 0) is 6.54 Å². The molecular formula is C15H20BrNO3. The molecule has 1 heterocycles. The van der Waals surface area contributed by atoms with Crippen molar-refractivity contribution < 1.29 is 14.6 Å². The second-order valence-corrected chi connectivity index (χ2v) is 6.52. The van der Waals surface area contributed by atoms with E-state index in [1.165, 1.54) is 19.3 Å². The highest BCUT2D eigenvalue weighted by Gasteiger charge is 2.30. The number of aliphatic hydroxyl groups excluding tert-OH is 1. The van der Waals surface area contributed by atoms with E-state index in [4.69, 9.17) is 9.47 Å². The van der Waals surface area contributed by atoms with Gasteiger partial charge in [0.1, 0.15) is 0 Å². The Bertz CT molecular complexity index is 486. The van der Waals surface area contributed by atoms with Crippen LogP contribution in [0.5, 0.6) is 11.5 Å². The number of hydrogen-bond donors (Lipinski definition) is 2. The largest absolute Gasteiger partial charge is 0.454 e. The van der Waals surface area contributed by atoms with Crippen LogP contribution in [0.3, 0.4) is 0 Å². The summed E-state index contributed by atoms with van der Waals surface area (Å²) in [7, 11) is 0. The van der Waals surface area contributed by atoms with E-state index < -0.39 is 0 Å². The van der Waals surface area contributed by atoms with Crippen LogP contribution in [0, 0.1) is 0 Å². The molecular weight excluding hydrogens is 322 g/mol. The van der Waals surface area contributed by atoms with Gasteiger partial charge in [-0.25, -0.2) is 0 Å². The van der Waals surface area contributed by atoms with Gasteiger partial charge in [-0.05, 0) is 46.5 Å². The van der Waals surface area contributed by atoms with Crippen molar-refractivity contribution in [3.8, 4) is 11.5 Å². The minimum absolute atomic E-state index is 0.110. The smallest absolute Gasteiger partial charge is 0.231 e. The zero-order valence-electron chi connectivity index (χ0n) is 11.5. The summed E-state index contributed by atoms with van der Waals surface area (Å²) < 4.78 is 11.7. The zero-order valence-corrected chi connectivity index (χ0v) is 13.0. The molecule has 3 rings (SSSR count). The fraction of sp³-hybridized carbons (Fsp3) is 0.600. The van der Waals surface area contributed by atoms with Gasteiger partial charge in [0.2, 0.25) is 6.79 Å². The molecule has 1 aliphatic heterocycles. The second-order valence-electron chi connectivity index (χ2n) is 5.66. The molecule has 110 valence electrons. The molecule has 0 unspecified atom stereocenters. The van der Waals surface area contributed by atoms with Crippen LogP contribution in [0.25, 0.3) is 0 Å². The van der Waals surface area contributed by atoms with Crippen LogP contribution in [0.4, 0.5) is 0 Å². The summed E-state index contributed by atoms with van der Waals surface area (Å²) in [4.78, 5) is 0. The number of ether oxygens (including phenoxy) is 2. The van der Waals surface area contributed by atoms with Gasteiger partial charge in [0.15, 0.2) is 11.5 Å². The number of nitrogens with one attached hydrogen (secondary N) is 1. The Balaban J connectivity index is 1.70. The van der Waals surface area contributed by atoms with Crippen molar-refractivity contribution in [1.82, 2.24) is 5.32 Å².